The summed E-state index contributed by atoms with van der Waals surface area (Å²) in [7, 11) is 0. The van der Waals surface area contributed by atoms with Crippen LogP contribution in [0.3, 0.4) is 0 Å². The van der Waals surface area contributed by atoms with Crippen molar-refractivity contribution in [2.75, 3.05) is 5.32 Å². The van der Waals surface area contributed by atoms with E-state index in [-0.39, 0.29) is 5.92 Å². The number of nitrogens with zero attached hydrogens (tertiary/aromatic N) is 1. The Morgan fingerprint density at radius 2 is 1.65 bits per heavy atom. The van der Waals surface area contributed by atoms with E-state index in [9.17, 15) is 19.2 Å². The molecular formula is C24H22N2O5. The number of amides is 3. The highest BCUT2D eigenvalue weighted by Crippen LogP contribution is 2.28. The fourth-order valence-corrected chi connectivity index (χ4v) is 3.90. The van der Waals surface area contributed by atoms with E-state index < -0.39 is 29.4 Å². The molecule has 7 heteroatoms. The van der Waals surface area contributed by atoms with Crippen molar-refractivity contribution < 1.29 is 18.8 Å². The van der Waals surface area contributed by atoms with E-state index in [4.69, 9.17) is 4.42 Å². The van der Waals surface area contributed by atoms with Gasteiger partial charge in [0, 0.05) is 23.2 Å². The van der Waals surface area contributed by atoms with Crippen molar-refractivity contribution >= 4 is 34.4 Å². The summed E-state index contributed by atoms with van der Waals surface area (Å²) in [4.78, 5) is 51.8. The average Bonchev–Trinajstić information content (AvgIpc) is 2.96. The fraction of sp³-hybridized carbons (Fsp3) is 0.250. The van der Waals surface area contributed by atoms with Crippen molar-refractivity contribution in [3.63, 3.8) is 0 Å². The first-order chi connectivity index (χ1) is 14.8. The van der Waals surface area contributed by atoms with Gasteiger partial charge >= 0.3 is 5.63 Å². The molecule has 1 aliphatic rings. The summed E-state index contributed by atoms with van der Waals surface area (Å²) in [6.07, 6.45) is 0.319. The van der Waals surface area contributed by atoms with Gasteiger partial charge in [0.2, 0.25) is 5.91 Å². The summed E-state index contributed by atoms with van der Waals surface area (Å²) < 4.78 is 5.24. The first-order valence-corrected chi connectivity index (χ1v) is 10.1. The predicted octanol–water partition coefficient (Wildman–Crippen LogP) is 3.75. The predicted molar refractivity (Wildman–Crippen MR) is 116 cm³/mol. The zero-order chi connectivity index (χ0) is 22.3. The molecular weight excluding hydrogens is 396 g/mol. The normalized spacial score (nSPS) is 14.3. The van der Waals surface area contributed by atoms with Crippen LogP contribution in [-0.4, -0.2) is 28.7 Å². The molecule has 1 N–H and O–H groups in total. The number of aryl methyl sites for hydroxylation is 1. The monoisotopic (exact) mass is 418 g/mol. The third-order valence-electron chi connectivity index (χ3n) is 5.35. The quantitative estimate of drug-likeness (QED) is 0.503. The van der Waals surface area contributed by atoms with Crippen LogP contribution in [-0.2, 0) is 4.79 Å². The maximum Gasteiger partial charge on any atom is 0.336 e. The molecule has 1 atom stereocenters. The van der Waals surface area contributed by atoms with Crippen molar-refractivity contribution in [2.45, 2.75) is 33.2 Å². The van der Waals surface area contributed by atoms with Crippen LogP contribution < -0.4 is 10.9 Å². The Hall–Kier alpha value is -3.74. The van der Waals surface area contributed by atoms with Crippen molar-refractivity contribution in [3.05, 3.63) is 75.6 Å². The second-order valence-electron chi connectivity index (χ2n) is 8.12. The Morgan fingerprint density at radius 3 is 2.26 bits per heavy atom. The number of fused-ring (bicyclic) bond motifs is 2. The standard InChI is InChI=1S/C24H22N2O5/c1-13(2)10-19(26-23(29)17-6-4-5-7-18(17)24(26)30)22(28)25-15-8-9-16-14(3)11-21(27)31-20(16)12-15/h4-9,11-13,19H,10H2,1-3H3,(H,25,28)/t19-/m1/s1. The summed E-state index contributed by atoms with van der Waals surface area (Å²) in [6.45, 7) is 5.65. The van der Waals surface area contributed by atoms with Gasteiger partial charge in [-0.15, -0.1) is 0 Å². The highest BCUT2D eigenvalue weighted by molar-refractivity contribution is 6.23. The molecule has 0 bridgehead atoms. The average molecular weight is 418 g/mol. The van der Waals surface area contributed by atoms with E-state index in [2.05, 4.69) is 5.32 Å². The SMILES string of the molecule is Cc1cc(=O)oc2cc(NC(=O)[C@@H](CC(C)C)N3C(=O)c4ccccc4C3=O)ccc12. The first-order valence-electron chi connectivity index (χ1n) is 10.1. The number of hydrogen-bond acceptors (Lipinski definition) is 5. The molecule has 0 radical (unpaired) electrons. The van der Waals surface area contributed by atoms with E-state index in [1.165, 1.54) is 6.07 Å². The topological polar surface area (TPSA) is 96.7 Å². The van der Waals surface area contributed by atoms with Crippen LogP contribution in [0.2, 0.25) is 0 Å². The number of hydrogen-bond donors (Lipinski definition) is 1. The molecule has 2 aromatic carbocycles. The van der Waals surface area contributed by atoms with Crippen molar-refractivity contribution in [2.24, 2.45) is 5.92 Å². The molecule has 158 valence electrons. The highest BCUT2D eigenvalue weighted by atomic mass is 16.4. The van der Waals surface area contributed by atoms with Gasteiger partial charge in [0.25, 0.3) is 11.8 Å². The van der Waals surface area contributed by atoms with Gasteiger partial charge in [-0.05, 0) is 49.1 Å². The van der Waals surface area contributed by atoms with Gasteiger partial charge in [-0.2, -0.15) is 0 Å². The van der Waals surface area contributed by atoms with E-state index in [0.717, 1.165) is 15.8 Å². The Labute approximate surface area is 178 Å². The molecule has 3 aromatic rings. The Bertz CT molecular complexity index is 1240. The molecule has 4 rings (SSSR count). The zero-order valence-electron chi connectivity index (χ0n) is 17.5. The summed E-state index contributed by atoms with van der Waals surface area (Å²) in [5, 5.41) is 3.54. The Kier molecular flexibility index (Phi) is 5.19. The van der Waals surface area contributed by atoms with Crippen molar-refractivity contribution in [1.29, 1.82) is 0 Å². The third kappa shape index (κ3) is 3.74. The maximum atomic E-state index is 13.2. The molecule has 0 saturated heterocycles. The zero-order valence-corrected chi connectivity index (χ0v) is 17.5. The van der Waals surface area contributed by atoms with Crippen LogP contribution in [0, 0.1) is 12.8 Å². The van der Waals surface area contributed by atoms with Gasteiger partial charge < -0.3 is 9.73 Å². The molecule has 3 amide bonds. The number of carbonyl (C=O) groups excluding carboxylic acids is 3. The van der Waals surface area contributed by atoms with Gasteiger partial charge in [-0.3, -0.25) is 19.3 Å². The van der Waals surface area contributed by atoms with Crippen LogP contribution in [0.4, 0.5) is 5.69 Å². The van der Waals surface area contributed by atoms with E-state index in [1.807, 2.05) is 13.8 Å². The fourth-order valence-electron chi connectivity index (χ4n) is 3.90. The van der Waals surface area contributed by atoms with Crippen LogP contribution in [0.25, 0.3) is 11.0 Å². The van der Waals surface area contributed by atoms with E-state index in [1.54, 1.807) is 49.4 Å². The Balaban J connectivity index is 1.66. The largest absolute Gasteiger partial charge is 0.423 e. The van der Waals surface area contributed by atoms with Crippen LogP contribution in [0.1, 0.15) is 46.5 Å². The molecule has 7 nitrogen and oxygen atoms in total. The summed E-state index contributed by atoms with van der Waals surface area (Å²) in [6, 6.07) is 12.0. The third-order valence-corrected chi connectivity index (χ3v) is 5.35. The molecule has 2 heterocycles. The molecule has 0 saturated carbocycles. The van der Waals surface area contributed by atoms with Gasteiger partial charge in [0.15, 0.2) is 0 Å². The molecule has 31 heavy (non-hydrogen) atoms. The number of anilines is 1. The van der Waals surface area contributed by atoms with Crippen LogP contribution in [0.5, 0.6) is 0 Å². The molecule has 1 aliphatic heterocycles. The van der Waals surface area contributed by atoms with Gasteiger partial charge in [-0.25, -0.2) is 4.79 Å². The van der Waals surface area contributed by atoms with E-state index >= 15 is 0 Å². The van der Waals surface area contributed by atoms with Crippen molar-refractivity contribution in [1.82, 2.24) is 4.90 Å². The van der Waals surface area contributed by atoms with Crippen LogP contribution in [0.15, 0.2) is 57.7 Å². The molecule has 0 unspecified atom stereocenters. The smallest absolute Gasteiger partial charge is 0.336 e. The number of rotatable bonds is 5. The second-order valence-corrected chi connectivity index (χ2v) is 8.12. The summed E-state index contributed by atoms with van der Waals surface area (Å²) in [5.74, 6) is -1.35. The first kappa shape index (κ1) is 20.5. The minimum Gasteiger partial charge on any atom is -0.423 e. The van der Waals surface area contributed by atoms with E-state index in [0.29, 0.717) is 28.8 Å². The lowest BCUT2D eigenvalue weighted by Crippen LogP contribution is -2.47. The lowest BCUT2D eigenvalue weighted by atomic mass is 10.0. The molecule has 1 aromatic heterocycles. The number of nitrogens with one attached hydrogen (secondary N) is 1. The molecule has 0 aliphatic carbocycles. The van der Waals surface area contributed by atoms with Crippen molar-refractivity contribution in [3.8, 4) is 0 Å². The lowest BCUT2D eigenvalue weighted by Gasteiger charge is -2.26. The number of imide groups is 1. The minimum atomic E-state index is -0.965. The minimum absolute atomic E-state index is 0.0670. The van der Waals surface area contributed by atoms with Gasteiger partial charge in [0.1, 0.15) is 11.6 Å². The van der Waals surface area contributed by atoms with Crippen LogP contribution >= 0.6 is 0 Å². The number of carbonyl (C=O) groups is 3. The van der Waals surface area contributed by atoms with Gasteiger partial charge in [-0.1, -0.05) is 26.0 Å². The Morgan fingerprint density at radius 1 is 1.00 bits per heavy atom. The summed E-state index contributed by atoms with van der Waals surface area (Å²) >= 11 is 0. The second kappa shape index (κ2) is 7.83. The van der Waals surface area contributed by atoms with Gasteiger partial charge in [0.05, 0.1) is 11.1 Å². The molecule has 0 spiro atoms. The lowest BCUT2D eigenvalue weighted by molar-refractivity contribution is -0.120. The summed E-state index contributed by atoms with van der Waals surface area (Å²) in [5.41, 5.74) is 1.67. The highest BCUT2D eigenvalue weighted by Gasteiger charge is 2.42. The maximum absolute atomic E-state index is 13.2. The molecule has 0 fully saturated rings. The number of benzene rings is 2.